The second-order valence-corrected chi connectivity index (χ2v) is 4.79. The molecule has 0 unspecified atom stereocenters. The summed E-state index contributed by atoms with van der Waals surface area (Å²) in [5.41, 5.74) is 5.42. The number of nitrogens with zero attached hydrogens (tertiary/aromatic N) is 1. The number of carbonyl (C=O) groups excluding carboxylic acids is 1. The average molecular weight is 229 g/mol. The molecule has 4 nitrogen and oxygen atoms in total. The van der Waals surface area contributed by atoms with Crippen molar-refractivity contribution in [3.63, 3.8) is 0 Å². The first-order valence-corrected chi connectivity index (χ1v) is 6.21. The van der Waals surface area contributed by atoms with E-state index < -0.39 is 0 Å². The Hall–Kier alpha value is -0.610. The van der Waals surface area contributed by atoms with Gasteiger partial charge < -0.3 is 11.1 Å². The molecule has 0 fully saturated rings. The molecule has 0 aromatic carbocycles. The number of amides is 1. The first-order valence-electron chi connectivity index (χ1n) is 6.21. The molecule has 0 rings (SSSR count). The molecule has 0 aliphatic rings. The van der Waals surface area contributed by atoms with Gasteiger partial charge in [0.25, 0.3) is 0 Å². The van der Waals surface area contributed by atoms with Crippen molar-refractivity contribution >= 4 is 5.91 Å². The average Bonchev–Trinajstić information content (AvgIpc) is 2.21. The van der Waals surface area contributed by atoms with E-state index in [-0.39, 0.29) is 5.91 Å². The second kappa shape index (κ2) is 9.60. The number of likely N-dealkylation sites (N-methyl/N-ethyl adjacent to an activating group) is 1. The summed E-state index contributed by atoms with van der Waals surface area (Å²) in [6.07, 6.45) is 3.34. The Balaban J connectivity index is 3.46. The van der Waals surface area contributed by atoms with Gasteiger partial charge in [-0.15, -0.1) is 0 Å². The fourth-order valence-electron chi connectivity index (χ4n) is 1.40. The normalized spacial score (nSPS) is 11.1. The van der Waals surface area contributed by atoms with Crippen LogP contribution in [0.3, 0.4) is 0 Å². The van der Waals surface area contributed by atoms with Gasteiger partial charge >= 0.3 is 0 Å². The van der Waals surface area contributed by atoms with E-state index in [1.807, 2.05) is 7.05 Å². The van der Waals surface area contributed by atoms with E-state index in [2.05, 4.69) is 24.1 Å². The highest BCUT2D eigenvalue weighted by Crippen LogP contribution is 1.96. The zero-order chi connectivity index (χ0) is 12.4. The van der Waals surface area contributed by atoms with E-state index in [9.17, 15) is 4.79 Å². The van der Waals surface area contributed by atoms with Gasteiger partial charge in [0.05, 0.1) is 6.54 Å². The van der Waals surface area contributed by atoms with Crippen LogP contribution >= 0.6 is 0 Å². The topological polar surface area (TPSA) is 58.4 Å². The Bertz CT molecular complexity index is 183. The maximum absolute atomic E-state index is 11.5. The van der Waals surface area contributed by atoms with Gasteiger partial charge in [-0.25, -0.2) is 0 Å². The summed E-state index contributed by atoms with van der Waals surface area (Å²) >= 11 is 0. The molecule has 1 amide bonds. The van der Waals surface area contributed by atoms with Crippen molar-refractivity contribution in [2.24, 2.45) is 11.7 Å². The molecule has 0 saturated carbocycles. The maximum atomic E-state index is 11.5. The standard InChI is InChI=1S/C12H27N3O/c1-11(2)9-14-12(16)10-15(3)8-6-4-5-7-13/h11H,4-10,13H2,1-3H3,(H,14,16). The zero-order valence-electron chi connectivity index (χ0n) is 11.0. The van der Waals surface area contributed by atoms with Crippen molar-refractivity contribution in [2.45, 2.75) is 33.1 Å². The van der Waals surface area contributed by atoms with Gasteiger partial charge in [-0.3, -0.25) is 9.69 Å². The quantitative estimate of drug-likeness (QED) is 0.576. The Morgan fingerprint density at radius 2 is 2.00 bits per heavy atom. The third-order valence-electron chi connectivity index (χ3n) is 2.36. The number of rotatable bonds is 9. The van der Waals surface area contributed by atoms with E-state index >= 15 is 0 Å². The first kappa shape index (κ1) is 15.4. The Morgan fingerprint density at radius 3 is 2.56 bits per heavy atom. The molecule has 0 heterocycles. The third-order valence-corrected chi connectivity index (χ3v) is 2.36. The fourth-order valence-corrected chi connectivity index (χ4v) is 1.40. The van der Waals surface area contributed by atoms with Crippen LogP contribution in [0.4, 0.5) is 0 Å². The summed E-state index contributed by atoms with van der Waals surface area (Å²) in [6.45, 7) is 7.18. The largest absolute Gasteiger partial charge is 0.355 e. The smallest absolute Gasteiger partial charge is 0.234 e. The number of nitrogens with one attached hydrogen (secondary N) is 1. The van der Waals surface area contributed by atoms with Crippen LogP contribution in [0, 0.1) is 5.92 Å². The van der Waals surface area contributed by atoms with Crippen molar-refractivity contribution in [3.05, 3.63) is 0 Å². The fraction of sp³-hybridized carbons (Fsp3) is 0.917. The van der Waals surface area contributed by atoms with Crippen LogP contribution in [0.5, 0.6) is 0 Å². The van der Waals surface area contributed by atoms with E-state index in [4.69, 9.17) is 5.73 Å². The van der Waals surface area contributed by atoms with Crippen LogP contribution in [0.25, 0.3) is 0 Å². The van der Waals surface area contributed by atoms with Gasteiger partial charge in [-0.1, -0.05) is 20.3 Å². The van der Waals surface area contributed by atoms with Crippen LogP contribution in [0.2, 0.25) is 0 Å². The predicted octanol–water partition coefficient (Wildman–Crippen LogP) is 0.819. The summed E-state index contributed by atoms with van der Waals surface area (Å²) < 4.78 is 0. The van der Waals surface area contributed by atoms with Crippen molar-refractivity contribution in [2.75, 3.05) is 33.2 Å². The molecule has 0 aromatic heterocycles. The van der Waals surface area contributed by atoms with E-state index in [1.54, 1.807) is 0 Å². The predicted molar refractivity (Wildman–Crippen MR) is 68.3 cm³/mol. The van der Waals surface area contributed by atoms with Crippen LogP contribution < -0.4 is 11.1 Å². The second-order valence-electron chi connectivity index (χ2n) is 4.79. The highest BCUT2D eigenvalue weighted by Gasteiger charge is 2.06. The van der Waals surface area contributed by atoms with Crippen LogP contribution in [0.15, 0.2) is 0 Å². The molecule has 3 N–H and O–H groups in total. The molecular weight excluding hydrogens is 202 g/mol. The van der Waals surface area contributed by atoms with E-state index in [0.717, 1.165) is 38.9 Å². The number of carbonyl (C=O) groups is 1. The molecule has 0 aromatic rings. The minimum Gasteiger partial charge on any atom is -0.355 e. The molecule has 0 aliphatic carbocycles. The monoisotopic (exact) mass is 229 g/mol. The van der Waals surface area contributed by atoms with Gasteiger partial charge in [-0.05, 0) is 38.9 Å². The Morgan fingerprint density at radius 1 is 1.31 bits per heavy atom. The molecule has 0 atom stereocenters. The SMILES string of the molecule is CC(C)CNC(=O)CN(C)CCCCCN. The highest BCUT2D eigenvalue weighted by atomic mass is 16.2. The van der Waals surface area contributed by atoms with Crippen LogP contribution in [0.1, 0.15) is 33.1 Å². The van der Waals surface area contributed by atoms with Crippen molar-refractivity contribution in [1.29, 1.82) is 0 Å². The molecule has 0 bridgehead atoms. The maximum Gasteiger partial charge on any atom is 0.234 e. The number of hydrogen-bond acceptors (Lipinski definition) is 3. The van der Waals surface area contributed by atoms with Crippen LogP contribution in [-0.2, 0) is 4.79 Å². The van der Waals surface area contributed by atoms with E-state index in [1.165, 1.54) is 0 Å². The van der Waals surface area contributed by atoms with Crippen molar-refractivity contribution < 1.29 is 4.79 Å². The molecule has 0 aliphatic heterocycles. The minimum atomic E-state index is 0.120. The third kappa shape index (κ3) is 9.93. The Kier molecular flexibility index (Phi) is 9.24. The van der Waals surface area contributed by atoms with Gasteiger partial charge in [0.1, 0.15) is 0 Å². The summed E-state index contributed by atoms with van der Waals surface area (Å²) in [4.78, 5) is 13.5. The molecule has 0 saturated heterocycles. The lowest BCUT2D eigenvalue weighted by Gasteiger charge is -2.16. The minimum absolute atomic E-state index is 0.120. The van der Waals surface area contributed by atoms with Gasteiger partial charge in [0.15, 0.2) is 0 Å². The lowest BCUT2D eigenvalue weighted by Crippen LogP contribution is -2.37. The Labute approximate surface area is 99.6 Å². The lowest BCUT2D eigenvalue weighted by molar-refractivity contribution is -0.122. The highest BCUT2D eigenvalue weighted by molar-refractivity contribution is 5.77. The van der Waals surface area contributed by atoms with Crippen molar-refractivity contribution in [1.82, 2.24) is 10.2 Å². The lowest BCUT2D eigenvalue weighted by atomic mass is 10.2. The van der Waals surface area contributed by atoms with E-state index in [0.29, 0.717) is 12.5 Å². The summed E-state index contributed by atoms with van der Waals surface area (Å²) in [5, 5.41) is 2.91. The molecule has 16 heavy (non-hydrogen) atoms. The van der Waals surface area contributed by atoms with Gasteiger partial charge in [-0.2, -0.15) is 0 Å². The molecule has 96 valence electrons. The summed E-state index contributed by atoms with van der Waals surface area (Å²) in [7, 11) is 1.98. The number of unbranched alkanes of at least 4 members (excludes halogenated alkanes) is 2. The molecule has 0 radical (unpaired) electrons. The molecule has 4 heteroatoms. The number of nitrogens with two attached hydrogens (primary N) is 1. The van der Waals surface area contributed by atoms with Crippen LogP contribution in [-0.4, -0.2) is 44.0 Å². The van der Waals surface area contributed by atoms with Gasteiger partial charge in [0, 0.05) is 6.54 Å². The van der Waals surface area contributed by atoms with Crippen molar-refractivity contribution in [3.8, 4) is 0 Å². The molecular formula is C12H27N3O. The van der Waals surface area contributed by atoms with Gasteiger partial charge in [0.2, 0.25) is 5.91 Å². The first-order chi connectivity index (χ1) is 7.56. The summed E-state index contributed by atoms with van der Waals surface area (Å²) in [6, 6.07) is 0. The molecule has 0 spiro atoms. The summed E-state index contributed by atoms with van der Waals surface area (Å²) in [5.74, 6) is 0.633. The zero-order valence-corrected chi connectivity index (χ0v) is 11.0. The number of hydrogen-bond donors (Lipinski definition) is 2.